The summed E-state index contributed by atoms with van der Waals surface area (Å²) in [5.41, 5.74) is 3.19. The first-order valence-corrected chi connectivity index (χ1v) is 10.3. The lowest BCUT2D eigenvalue weighted by Gasteiger charge is -2.13. The van der Waals surface area contributed by atoms with E-state index >= 15 is 0 Å². The van der Waals surface area contributed by atoms with Gasteiger partial charge in [0.1, 0.15) is 11.8 Å². The van der Waals surface area contributed by atoms with Crippen LogP contribution in [0.1, 0.15) is 43.3 Å². The number of ether oxygens (including phenoxy) is 1. The molecule has 1 saturated heterocycles. The summed E-state index contributed by atoms with van der Waals surface area (Å²) in [6.07, 6.45) is 0.393. The number of aryl methyl sites for hydroxylation is 1. The van der Waals surface area contributed by atoms with E-state index in [9.17, 15) is 14.4 Å². The number of nitrogens with zero attached hydrogens (tertiary/aromatic N) is 3. The molecule has 1 aliphatic heterocycles. The van der Waals surface area contributed by atoms with Crippen molar-refractivity contribution in [2.24, 2.45) is 0 Å². The maximum absolute atomic E-state index is 12.7. The first kappa shape index (κ1) is 22.3. The van der Waals surface area contributed by atoms with Gasteiger partial charge in [0.2, 0.25) is 5.91 Å². The van der Waals surface area contributed by atoms with E-state index in [2.05, 4.69) is 15.7 Å². The van der Waals surface area contributed by atoms with Crippen LogP contribution in [0, 0.1) is 13.8 Å². The van der Waals surface area contributed by atoms with Crippen LogP contribution in [-0.2, 0) is 16.0 Å². The molecule has 9 nitrogen and oxygen atoms in total. The molecule has 1 aromatic heterocycles. The lowest BCUT2D eigenvalue weighted by molar-refractivity contribution is -0.129. The number of carbonyl (C=O) groups is 3. The van der Waals surface area contributed by atoms with Crippen LogP contribution < -0.4 is 15.4 Å². The molecule has 1 aliphatic rings. The number of benzene rings is 1. The highest BCUT2D eigenvalue weighted by Crippen LogP contribution is 2.23. The molecule has 1 aromatic carbocycles. The number of urea groups is 1. The van der Waals surface area contributed by atoms with Crippen LogP contribution in [0.4, 0.5) is 10.5 Å². The molecule has 2 heterocycles. The second kappa shape index (κ2) is 9.20. The fraction of sp³-hybridized carbons (Fsp3) is 0.455. The van der Waals surface area contributed by atoms with Gasteiger partial charge in [-0.25, -0.2) is 4.79 Å². The van der Waals surface area contributed by atoms with E-state index in [0.717, 1.165) is 21.9 Å². The smallest absolute Gasteiger partial charge is 0.324 e. The van der Waals surface area contributed by atoms with Gasteiger partial charge in [-0.2, -0.15) is 5.10 Å². The van der Waals surface area contributed by atoms with E-state index in [1.54, 1.807) is 7.11 Å². The minimum atomic E-state index is -0.871. The summed E-state index contributed by atoms with van der Waals surface area (Å²) >= 11 is 0. The van der Waals surface area contributed by atoms with Gasteiger partial charge in [0, 0.05) is 12.6 Å². The van der Waals surface area contributed by atoms with E-state index in [1.165, 1.54) is 0 Å². The minimum absolute atomic E-state index is 0.130. The SMILES string of the molecule is COc1ccc(CCN2C(=O)NC(CC(=O)Nc3c(C)nn(C(C)C)c3C)C2=O)cc1. The maximum atomic E-state index is 12.7. The zero-order valence-electron chi connectivity index (χ0n) is 18.6. The van der Waals surface area contributed by atoms with Gasteiger partial charge in [0.25, 0.3) is 5.91 Å². The summed E-state index contributed by atoms with van der Waals surface area (Å²) in [5.74, 6) is 0.0133. The number of rotatable bonds is 8. The lowest BCUT2D eigenvalue weighted by Crippen LogP contribution is -2.35. The molecule has 0 spiro atoms. The van der Waals surface area contributed by atoms with Crippen molar-refractivity contribution in [3.63, 3.8) is 0 Å². The van der Waals surface area contributed by atoms with Crippen LogP contribution >= 0.6 is 0 Å². The molecule has 9 heteroatoms. The molecular weight excluding hydrogens is 398 g/mol. The summed E-state index contributed by atoms with van der Waals surface area (Å²) in [7, 11) is 1.59. The van der Waals surface area contributed by atoms with Crippen LogP contribution in [0.15, 0.2) is 24.3 Å². The van der Waals surface area contributed by atoms with E-state index in [0.29, 0.717) is 17.8 Å². The molecule has 1 unspecified atom stereocenters. The predicted octanol–water partition coefficient (Wildman–Crippen LogP) is 2.58. The molecule has 3 rings (SSSR count). The molecule has 0 saturated carbocycles. The number of methoxy groups -OCH3 is 1. The minimum Gasteiger partial charge on any atom is -0.497 e. The third kappa shape index (κ3) is 4.87. The standard InChI is InChI=1S/C22H29N5O4/c1-13(2)27-15(4)20(14(3)25-27)24-19(28)12-18-21(29)26(22(30)23-18)11-10-16-6-8-17(31-5)9-7-16/h6-9,13,18H,10-12H2,1-5H3,(H,23,30)(H,24,28). The predicted molar refractivity (Wildman–Crippen MR) is 116 cm³/mol. The van der Waals surface area contributed by atoms with Gasteiger partial charge in [0.15, 0.2) is 0 Å². The molecular formula is C22H29N5O4. The van der Waals surface area contributed by atoms with Gasteiger partial charge < -0.3 is 15.4 Å². The lowest BCUT2D eigenvalue weighted by atomic mass is 10.1. The zero-order chi connectivity index (χ0) is 22.7. The topological polar surface area (TPSA) is 106 Å². The number of hydrogen-bond donors (Lipinski definition) is 2. The Labute approximate surface area is 181 Å². The van der Waals surface area contributed by atoms with Crippen molar-refractivity contribution in [2.75, 3.05) is 19.0 Å². The molecule has 0 bridgehead atoms. The Kier molecular flexibility index (Phi) is 6.62. The van der Waals surface area contributed by atoms with Crippen molar-refractivity contribution in [3.05, 3.63) is 41.2 Å². The maximum Gasteiger partial charge on any atom is 0.324 e. The number of imide groups is 1. The number of hydrogen-bond acceptors (Lipinski definition) is 5. The van der Waals surface area contributed by atoms with Crippen molar-refractivity contribution in [1.29, 1.82) is 0 Å². The molecule has 2 N–H and O–H groups in total. The highest BCUT2D eigenvalue weighted by molar-refractivity contribution is 6.07. The van der Waals surface area contributed by atoms with Gasteiger partial charge in [0.05, 0.1) is 30.6 Å². The molecule has 2 aromatic rings. The average Bonchev–Trinajstić information content (AvgIpc) is 3.16. The van der Waals surface area contributed by atoms with E-state index in [-0.39, 0.29) is 30.8 Å². The number of aromatic nitrogens is 2. The zero-order valence-corrected chi connectivity index (χ0v) is 18.6. The van der Waals surface area contributed by atoms with Crippen LogP contribution in [0.25, 0.3) is 0 Å². The highest BCUT2D eigenvalue weighted by Gasteiger charge is 2.38. The normalized spacial score (nSPS) is 16.1. The molecule has 0 radical (unpaired) electrons. The fourth-order valence-electron chi connectivity index (χ4n) is 3.68. The Hall–Kier alpha value is -3.36. The third-order valence-electron chi connectivity index (χ3n) is 5.36. The largest absolute Gasteiger partial charge is 0.497 e. The first-order valence-electron chi connectivity index (χ1n) is 10.3. The van der Waals surface area contributed by atoms with Crippen molar-refractivity contribution >= 4 is 23.5 Å². The molecule has 31 heavy (non-hydrogen) atoms. The first-order chi connectivity index (χ1) is 14.7. The Morgan fingerprint density at radius 3 is 2.48 bits per heavy atom. The molecule has 1 fully saturated rings. The molecule has 1 atom stereocenters. The summed E-state index contributed by atoms with van der Waals surface area (Å²) < 4.78 is 6.97. The van der Waals surface area contributed by atoms with Crippen molar-refractivity contribution < 1.29 is 19.1 Å². The molecule has 4 amide bonds. The fourth-order valence-corrected chi connectivity index (χ4v) is 3.68. The summed E-state index contributed by atoms with van der Waals surface area (Å²) in [4.78, 5) is 38.7. The van der Waals surface area contributed by atoms with E-state index in [1.807, 2.05) is 56.6 Å². The average molecular weight is 428 g/mol. The molecule has 0 aliphatic carbocycles. The Balaban J connectivity index is 1.58. The van der Waals surface area contributed by atoms with Crippen molar-refractivity contribution in [3.8, 4) is 5.75 Å². The van der Waals surface area contributed by atoms with Crippen LogP contribution in [0.2, 0.25) is 0 Å². The Morgan fingerprint density at radius 1 is 1.23 bits per heavy atom. The van der Waals surface area contributed by atoms with Gasteiger partial charge in [-0.1, -0.05) is 12.1 Å². The van der Waals surface area contributed by atoms with E-state index < -0.39 is 12.1 Å². The van der Waals surface area contributed by atoms with Gasteiger partial charge in [-0.15, -0.1) is 0 Å². The number of nitrogens with one attached hydrogen (secondary N) is 2. The van der Waals surface area contributed by atoms with Crippen molar-refractivity contribution in [1.82, 2.24) is 20.0 Å². The third-order valence-corrected chi connectivity index (χ3v) is 5.36. The monoisotopic (exact) mass is 427 g/mol. The molecule has 166 valence electrons. The highest BCUT2D eigenvalue weighted by atomic mass is 16.5. The summed E-state index contributed by atoms with van der Waals surface area (Å²) in [6, 6.07) is 6.27. The Morgan fingerprint density at radius 2 is 1.90 bits per heavy atom. The Bertz CT molecular complexity index is 981. The number of amides is 4. The van der Waals surface area contributed by atoms with E-state index in [4.69, 9.17) is 4.74 Å². The second-order valence-electron chi connectivity index (χ2n) is 7.93. The summed E-state index contributed by atoms with van der Waals surface area (Å²) in [6.45, 7) is 7.98. The second-order valence-corrected chi connectivity index (χ2v) is 7.93. The number of anilines is 1. The van der Waals surface area contributed by atoms with Crippen molar-refractivity contribution in [2.45, 2.75) is 52.6 Å². The van der Waals surface area contributed by atoms with Crippen LogP contribution in [0.5, 0.6) is 5.75 Å². The summed E-state index contributed by atoms with van der Waals surface area (Å²) in [5, 5.41) is 9.90. The number of carbonyl (C=O) groups excluding carboxylic acids is 3. The van der Waals surface area contributed by atoms with Gasteiger partial charge in [-0.3, -0.25) is 19.2 Å². The van der Waals surface area contributed by atoms with Crippen LogP contribution in [-0.4, -0.2) is 52.2 Å². The van der Waals surface area contributed by atoms with Gasteiger partial charge >= 0.3 is 6.03 Å². The van der Waals surface area contributed by atoms with Gasteiger partial charge in [-0.05, 0) is 51.8 Å². The van der Waals surface area contributed by atoms with Crippen LogP contribution in [0.3, 0.4) is 0 Å². The quantitative estimate of drug-likeness (QED) is 0.630.